The zero-order valence-corrected chi connectivity index (χ0v) is 10.8. The van der Waals surface area contributed by atoms with Gasteiger partial charge in [0.05, 0.1) is 10.7 Å². The Bertz CT molecular complexity index is 316. The van der Waals surface area contributed by atoms with Crippen LogP contribution in [-0.4, -0.2) is 29.5 Å². The molecular formula is C12H21N3S. The van der Waals surface area contributed by atoms with Gasteiger partial charge in [0, 0.05) is 18.3 Å². The van der Waals surface area contributed by atoms with Gasteiger partial charge in [0.2, 0.25) is 0 Å². The molecule has 2 rings (SSSR count). The third kappa shape index (κ3) is 3.27. The Morgan fingerprint density at radius 3 is 2.94 bits per heavy atom. The molecule has 4 heteroatoms. The summed E-state index contributed by atoms with van der Waals surface area (Å²) in [5.41, 5.74) is 6.75. The van der Waals surface area contributed by atoms with Crippen LogP contribution >= 0.6 is 11.3 Å². The molecule has 16 heavy (non-hydrogen) atoms. The van der Waals surface area contributed by atoms with E-state index in [0.717, 1.165) is 18.9 Å². The van der Waals surface area contributed by atoms with E-state index in [4.69, 9.17) is 5.73 Å². The summed E-state index contributed by atoms with van der Waals surface area (Å²) in [6, 6.07) is 0. The number of hydrogen-bond acceptors (Lipinski definition) is 4. The van der Waals surface area contributed by atoms with Crippen molar-refractivity contribution in [3.8, 4) is 0 Å². The van der Waals surface area contributed by atoms with E-state index in [9.17, 15) is 0 Å². The molecule has 2 N–H and O–H groups in total. The molecule has 2 heterocycles. The molecule has 1 aliphatic heterocycles. The number of hydrogen-bond donors (Lipinski definition) is 1. The molecule has 0 atom stereocenters. The minimum atomic E-state index is 0.703. The molecule has 1 fully saturated rings. The van der Waals surface area contributed by atoms with Crippen LogP contribution in [0.4, 0.5) is 0 Å². The highest BCUT2D eigenvalue weighted by atomic mass is 32.1. The fourth-order valence-electron chi connectivity index (χ4n) is 2.11. The topological polar surface area (TPSA) is 42.1 Å². The monoisotopic (exact) mass is 239 g/mol. The van der Waals surface area contributed by atoms with Crippen molar-refractivity contribution >= 4 is 11.3 Å². The Kier molecular flexibility index (Phi) is 4.32. The Balaban J connectivity index is 1.83. The van der Waals surface area contributed by atoms with Gasteiger partial charge in [-0.2, -0.15) is 0 Å². The van der Waals surface area contributed by atoms with Crippen LogP contribution in [0.15, 0.2) is 5.38 Å². The highest BCUT2D eigenvalue weighted by Crippen LogP contribution is 2.19. The van der Waals surface area contributed by atoms with Crippen molar-refractivity contribution in [2.75, 3.05) is 19.6 Å². The summed E-state index contributed by atoms with van der Waals surface area (Å²) in [6.45, 7) is 6.53. The van der Waals surface area contributed by atoms with Crippen LogP contribution in [-0.2, 0) is 13.0 Å². The first-order chi connectivity index (χ1) is 7.78. The molecule has 0 saturated carbocycles. The average molecular weight is 239 g/mol. The average Bonchev–Trinajstić information content (AvgIpc) is 2.70. The van der Waals surface area contributed by atoms with Crippen LogP contribution in [0.2, 0.25) is 0 Å². The quantitative estimate of drug-likeness (QED) is 0.872. The van der Waals surface area contributed by atoms with Crippen LogP contribution in [0.3, 0.4) is 0 Å². The summed E-state index contributed by atoms with van der Waals surface area (Å²) in [7, 11) is 0. The molecule has 0 amide bonds. The van der Waals surface area contributed by atoms with Gasteiger partial charge in [-0.15, -0.1) is 11.3 Å². The zero-order valence-electron chi connectivity index (χ0n) is 9.98. The van der Waals surface area contributed by atoms with Crippen molar-refractivity contribution in [3.63, 3.8) is 0 Å². The van der Waals surface area contributed by atoms with E-state index in [0.29, 0.717) is 6.54 Å². The number of nitrogens with two attached hydrogens (primary N) is 1. The number of thiazole rings is 1. The summed E-state index contributed by atoms with van der Waals surface area (Å²) in [6.07, 6.45) is 3.58. The highest BCUT2D eigenvalue weighted by molar-refractivity contribution is 7.09. The van der Waals surface area contributed by atoms with E-state index in [-0.39, 0.29) is 0 Å². The van der Waals surface area contributed by atoms with Crippen molar-refractivity contribution in [3.05, 3.63) is 16.1 Å². The van der Waals surface area contributed by atoms with Gasteiger partial charge < -0.3 is 5.73 Å². The van der Waals surface area contributed by atoms with Gasteiger partial charge in [-0.3, -0.25) is 4.90 Å². The van der Waals surface area contributed by atoms with Gasteiger partial charge in [0.1, 0.15) is 0 Å². The molecule has 1 aromatic rings. The van der Waals surface area contributed by atoms with Crippen LogP contribution in [0.25, 0.3) is 0 Å². The van der Waals surface area contributed by atoms with Gasteiger partial charge >= 0.3 is 0 Å². The first-order valence-electron chi connectivity index (χ1n) is 6.13. The van der Waals surface area contributed by atoms with Crippen LogP contribution in [0.1, 0.15) is 30.5 Å². The van der Waals surface area contributed by atoms with Gasteiger partial charge in [0.15, 0.2) is 0 Å². The number of piperidine rings is 1. The summed E-state index contributed by atoms with van der Waals surface area (Å²) >= 11 is 1.75. The minimum absolute atomic E-state index is 0.703. The number of aromatic nitrogens is 1. The number of nitrogens with zero attached hydrogens (tertiary/aromatic N) is 2. The number of likely N-dealkylation sites (tertiary alicyclic amines) is 1. The van der Waals surface area contributed by atoms with Crippen LogP contribution in [0, 0.1) is 5.92 Å². The van der Waals surface area contributed by atoms with Crippen molar-refractivity contribution in [2.24, 2.45) is 11.7 Å². The Labute approximate surface area is 102 Å². The second-order valence-electron chi connectivity index (χ2n) is 4.73. The maximum atomic E-state index is 5.53. The Morgan fingerprint density at radius 2 is 2.25 bits per heavy atom. The largest absolute Gasteiger partial charge is 0.330 e. The van der Waals surface area contributed by atoms with Crippen molar-refractivity contribution in [1.29, 1.82) is 0 Å². The predicted octanol–water partition coefficient (Wildman–Crippen LogP) is 1.88. The molecule has 1 aliphatic rings. The van der Waals surface area contributed by atoms with Crippen molar-refractivity contribution in [2.45, 2.75) is 32.7 Å². The summed E-state index contributed by atoms with van der Waals surface area (Å²) < 4.78 is 0. The van der Waals surface area contributed by atoms with Gasteiger partial charge in [-0.1, -0.05) is 6.92 Å². The highest BCUT2D eigenvalue weighted by Gasteiger charge is 2.16. The van der Waals surface area contributed by atoms with Gasteiger partial charge in [-0.05, 0) is 38.4 Å². The van der Waals surface area contributed by atoms with Crippen LogP contribution in [0.5, 0.6) is 0 Å². The zero-order chi connectivity index (χ0) is 11.4. The first kappa shape index (κ1) is 12.0. The molecule has 0 unspecified atom stereocenters. The molecular weight excluding hydrogens is 218 g/mol. The lowest BCUT2D eigenvalue weighted by Gasteiger charge is -2.29. The molecule has 0 radical (unpaired) electrons. The lowest BCUT2D eigenvalue weighted by Crippen LogP contribution is -2.32. The molecule has 0 aliphatic carbocycles. The van der Waals surface area contributed by atoms with E-state index in [1.54, 1.807) is 11.3 Å². The third-order valence-electron chi connectivity index (χ3n) is 3.22. The van der Waals surface area contributed by atoms with Gasteiger partial charge in [-0.25, -0.2) is 4.98 Å². The maximum Gasteiger partial charge on any atom is 0.0941 e. The van der Waals surface area contributed by atoms with E-state index in [1.165, 1.54) is 36.6 Å². The molecule has 90 valence electrons. The number of rotatable bonds is 4. The fraction of sp³-hybridized carbons (Fsp3) is 0.750. The molecule has 1 saturated heterocycles. The SMILES string of the molecule is CC1CCN(Cc2csc(CCN)n2)CC1. The van der Waals surface area contributed by atoms with Gasteiger partial charge in [0.25, 0.3) is 0 Å². The normalized spacial score (nSPS) is 19.1. The molecule has 3 nitrogen and oxygen atoms in total. The standard InChI is InChI=1S/C12H21N3S/c1-10-3-6-15(7-4-10)8-11-9-16-12(14-11)2-5-13/h9-10H,2-8,13H2,1H3. The minimum Gasteiger partial charge on any atom is -0.330 e. The molecule has 0 bridgehead atoms. The molecule has 1 aromatic heterocycles. The summed E-state index contributed by atoms with van der Waals surface area (Å²) in [5.74, 6) is 0.902. The Morgan fingerprint density at radius 1 is 1.50 bits per heavy atom. The summed E-state index contributed by atoms with van der Waals surface area (Å²) in [4.78, 5) is 7.13. The third-order valence-corrected chi connectivity index (χ3v) is 4.18. The van der Waals surface area contributed by atoms with E-state index in [2.05, 4.69) is 22.2 Å². The second kappa shape index (κ2) is 5.75. The van der Waals surface area contributed by atoms with E-state index < -0.39 is 0 Å². The second-order valence-corrected chi connectivity index (χ2v) is 5.67. The lowest BCUT2D eigenvalue weighted by atomic mass is 9.99. The molecule has 0 aromatic carbocycles. The lowest BCUT2D eigenvalue weighted by molar-refractivity contribution is 0.183. The van der Waals surface area contributed by atoms with E-state index >= 15 is 0 Å². The Hall–Kier alpha value is -0.450. The van der Waals surface area contributed by atoms with Crippen molar-refractivity contribution in [1.82, 2.24) is 9.88 Å². The predicted molar refractivity (Wildman–Crippen MR) is 68.5 cm³/mol. The summed E-state index contributed by atoms with van der Waals surface area (Å²) in [5, 5.41) is 3.37. The molecule has 0 spiro atoms. The van der Waals surface area contributed by atoms with Crippen molar-refractivity contribution < 1.29 is 0 Å². The maximum absolute atomic E-state index is 5.53. The fourth-order valence-corrected chi connectivity index (χ4v) is 2.91. The van der Waals surface area contributed by atoms with Crippen LogP contribution < -0.4 is 5.73 Å². The first-order valence-corrected chi connectivity index (χ1v) is 7.01. The smallest absolute Gasteiger partial charge is 0.0941 e. The van der Waals surface area contributed by atoms with E-state index in [1.807, 2.05) is 0 Å².